The number of benzene rings is 1. The topological polar surface area (TPSA) is 66.4 Å². The molecule has 5 heteroatoms. The Labute approximate surface area is 98.5 Å². The number of nitrogens with one attached hydrogen (secondary N) is 1. The van der Waals surface area contributed by atoms with Crippen LogP contribution in [0.2, 0.25) is 0 Å². The fourth-order valence-corrected chi connectivity index (χ4v) is 1.57. The smallest absolute Gasteiger partial charge is 0.305 e. The molecule has 1 aromatic carbocycles. The number of hydrogen-bond acceptors (Lipinski definition) is 2. The number of carbonyl (C=O) groups excluding carboxylic acids is 1. The van der Waals surface area contributed by atoms with E-state index in [1.54, 1.807) is 13.0 Å². The lowest BCUT2D eigenvalue weighted by molar-refractivity contribution is -0.137. The van der Waals surface area contributed by atoms with Gasteiger partial charge in [0, 0.05) is 12.5 Å². The normalized spacial score (nSPS) is 11.9. The minimum absolute atomic E-state index is 0.188. The zero-order valence-corrected chi connectivity index (χ0v) is 9.66. The van der Waals surface area contributed by atoms with Gasteiger partial charge in [0.05, 0.1) is 12.5 Å². The molecular formula is C12H14FNO3. The number of aryl methyl sites for hydroxylation is 1. The summed E-state index contributed by atoms with van der Waals surface area (Å²) in [7, 11) is 0. The van der Waals surface area contributed by atoms with E-state index < -0.39 is 23.7 Å². The molecule has 0 aliphatic heterocycles. The summed E-state index contributed by atoms with van der Waals surface area (Å²) >= 11 is 0. The molecule has 0 heterocycles. The third kappa shape index (κ3) is 3.86. The Balaban J connectivity index is 3.02. The van der Waals surface area contributed by atoms with Crippen molar-refractivity contribution in [1.82, 2.24) is 5.32 Å². The predicted molar refractivity (Wildman–Crippen MR) is 59.9 cm³/mol. The Bertz CT molecular complexity index is 429. The van der Waals surface area contributed by atoms with Gasteiger partial charge in [-0.25, -0.2) is 4.39 Å². The molecule has 2 N–H and O–H groups in total. The van der Waals surface area contributed by atoms with Crippen LogP contribution in [0, 0.1) is 12.7 Å². The maximum absolute atomic E-state index is 13.7. The van der Waals surface area contributed by atoms with E-state index >= 15 is 0 Å². The summed E-state index contributed by atoms with van der Waals surface area (Å²) in [5, 5.41) is 11.2. The highest BCUT2D eigenvalue weighted by Crippen LogP contribution is 2.21. The van der Waals surface area contributed by atoms with Gasteiger partial charge >= 0.3 is 5.97 Å². The number of hydrogen-bond donors (Lipinski definition) is 2. The average molecular weight is 239 g/mol. The van der Waals surface area contributed by atoms with Crippen molar-refractivity contribution in [2.45, 2.75) is 26.3 Å². The molecule has 1 aromatic rings. The van der Waals surface area contributed by atoms with E-state index in [0.29, 0.717) is 0 Å². The van der Waals surface area contributed by atoms with Gasteiger partial charge in [-0.3, -0.25) is 9.59 Å². The number of amides is 1. The van der Waals surface area contributed by atoms with Gasteiger partial charge in [-0.1, -0.05) is 12.1 Å². The largest absolute Gasteiger partial charge is 0.481 e. The lowest BCUT2D eigenvalue weighted by Crippen LogP contribution is -2.28. The van der Waals surface area contributed by atoms with Crippen molar-refractivity contribution in [3.63, 3.8) is 0 Å². The van der Waals surface area contributed by atoms with Crippen LogP contribution in [0.1, 0.15) is 30.5 Å². The first-order valence-electron chi connectivity index (χ1n) is 5.15. The van der Waals surface area contributed by atoms with E-state index in [9.17, 15) is 14.0 Å². The van der Waals surface area contributed by atoms with Crippen molar-refractivity contribution in [3.05, 3.63) is 35.1 Å². The second-order valence-electron chi connectivity index (χ2n) is 3.88. The molecule has 0 spiro atoms. The molecule has 1 rings (SSSR count). The molecular weight excluding hydrogens is 225 g/mol. The summed E-state index contributed by atoms with van der Waals surface area (Å²) in [5.41, 5.74) is 0.927. The second-order valence-corrected chi connectivity index (χ2v) is 3.88. The summed E-state index contributed by atoms with van der Waals surface area (Å²) < 4.78 is 13.7. The van der Waals surface area contributed by atoms with Crippen molar-refractivity contribution in [2.24, 2.45) is 0 Å². The number of rotatable bonds is 4. The van der Waals surface area contributed by atoms with Crippen LogP contribution in [0.15, 0.2) is 18.2 Å². The van der Waals surface area contributed by atoms with Crippen LogP contribution in [0.25, 0.3) is 0 Å². The minimum Gasteiger partial charge on any atom is -0.481 e. The fourth-order valence-electron chi connectivity index (χ4n) is 1.57. The maximum atomic E-state index is 13.7. The van der Waals surface area contributed by atoms with E-state index in [1.807, 2.05) is 0 Å². The molecule has 0 bridgehead atoms. The van der Waals surface area contributed by atoms with Gasteiger partial charge in [0.2, 0.25) is 5.91 Å². The molecule has 92 valence electrons. The van der Waals surface area contributed by atoms with E-state index in [0.717, 1.165) is 5.56 Å². The van der Waals surface area contributed by atoms with Gasteiger partial charge in [-0.2, -0.15) is 0 Å². The minimum atomic E-state index is -1.09. The lowest BCUT2D eigenvalue weighted by Gasteiger charge is -2.17. The highest BCUT2D eigenvalue weighted by molar-refractivity contribution is 5.75. The second kappa shape index (κ2) is 5.43. The van der Waals surface area contributed by atoms with E-state index in [-0.39, 0.29) is 12.0 Å². The van der Waals surface area contributed by atoms with Crippen molar-refractivity contribution < 1.29 is 19.1 Å². The van der Waals surface area contributed by atoms with Crippen LogP contribution >= 0.6 is 0 Å². The SMILES string of the molecule is CC(=O)N[C@H](CC(=O)O)c1ccc(C)cc1F. The zero-order valence-electron chi connectivity index (χ0n) is 9.66. The Morgan fingerprint density at radius 1 is 1.47 bits per heavy atom. The van der Waals surface area contributed by atoms with Crippen LogP contribution in [0.4, 0.5) is 4.39 Å². The van der Waals surface area contributed by atoms with Gasteiger partial charge in [0.25, 0.3) is 0 Å². The number of halogens is 1. The third-order valence-electron chi connectivity index (χ3n) is 2.29. The summed E-state index contributed by atoms with van der Waals surface area (Å²) in [6, 6.07) is 3.64. The molecule has 0 saturated heterocycles. The van der Waals surface area contributed by atoms with Gasteiger partial charge in [-0.05, 0) is 18.6 Å². The van der Waals surface area contributed by atoms with Crippen LogP contribution in [-0.4, -0.2) is 17.0 Å². The van der Waals surface area contributed by atoms with E-state index in [1.165, 1.54) is 19.1 Å². The highest BCUT2D eigenvalue weighted by Gasteiger charge is 2.19. The highest BCUT2D eigenvalue weighted by atomic mass is 19.1. The standard InChI is InChI=1S/C12H14FNO3/c1-7-3-4-9(10(13)5-7)11(6-12(16)17)14-8(2)15/h3-5,11H,6H2,1-2H3,(H,14,15)(H,16,17)/t11-/m1/s1. The van der Waals surface area contributed by atoms with Crippen molar-refractivity contribution in [3.8, 4) is 0 Å². The van der Waals surface area contributed by atoms with Gasteiger partial charge in [-0.15, -0.1) is 0 Å². The predicted octanol–water partition coefficient (Wildman–Crippen LogP) is 1.79. The average Bonchev–Trinajstić information content (AvgIpc) is 2.14. The molecule has 0 radical (unpaired) electrons. The number of carboxylic acid groups (broad SMARTS) is 1. The zero-order chi connectivity index (χ0) is 13.0. The maximum Gasteiger partial charge on any atom is 0.305 e. The fraction of sp³-hybridized carbons (Fsp3) is 0.333. The molecule has 0 unspecified atom stereocenters. The van der Waals surface area contributed by atoms with Crippen LogP contribution in [-0.2, 0) is 9.59 Å². The van der Waals surface area contributed by atoms with E-state index in [2.05, 4.69) is 5.32 Å². The van der Waals surface area contributed by atoms with Crippen LogP contribution < -0.4 is 5.32 Å². The first kappa shape index (κ1) is 13.2. The summed E-state index contributed by atoms with van der Waals surface area (Å²) in [4.78, 5) is 21.6. The molecule has 17 heavy (non-hydrogen) atoms. The lowest BCUT2D eigenvalue weighted by atomic mass is 10.0. The molecule has 1 amide bonds. The molecule has 4 nitrogen and oxygen atoms in total. The van der Waals surface area contributed by atoms with Gasteiger partial charge in [0.15, 0.2) is 0 Å². The Hall–Kier alpha value is -1.91. The first-order valence-corrected chi connectivity index (χ1v) is 5.15. The van der Waals surface area contributed by atoms with Crippen LogP contribution in [0.3, 0.4) is 0 Å². The molecule has 0 aliphatic carbocycles. The number of carboxylic acids is 1. The number of aliphatic carboxylic acids is 1. The molecule has 0 aromatic heterocycles. The monoisotopic (exact) mass is 239 g/mol. The molecule has 0 aliphatic rings. The summed E-state index contributed by atoms with van der Waals surface area (Å²) in [6.07, 6.45) is -0.348. The Morgan fingerprint density at radius 2 is 2.12 bits per heavy atom. The van der Waals surface area contributed by atoms with Gasteiger partial charge in [0.1, 0.15) is 5.82 Å². The Morgan fingerprint density at radius 3 is 2.59 bits per heavy atom. The van der Waals surface area contributed by atoms with Gasteiger partial charge < -0.3 is 10.4 Å². The summed E-state index contributed by atoms with van der Waals surface area (Å²) in [5.74, 6) is -2.00. The van der Waals surface area contributed by atoms with Crippen molar-refractivity contribution >= 4 is 11.9 Å². The number of carbonyl (C=O) groups is 2. The Kier molecular flexibility index (Phi) is 4.20. The first-order chi connectivity index (χ1) is 7.90. The molecule has 1 atom stereocenters. The quantitative estimate of drug-likeness (QED) is 0.841. The van der Waals surface area contributed by atoms with Crippen molar-refractivity contribution in [1.29, 1.82) is 0 Å². The van der Waals surface area contributed by atoms with Crippen LogP contribution in [0.5, 0.6) is 0 Å². The van der Waals surface area contributed by atoms with E-state index in [4.69, 9.17) is 5.11 Å². The molecule has 0 saturated carbocycles. The summed E-state index contributed by atoms with van der Waals surface area (Å²) in [6.45, 7) is 3.00. The molecule has 0 fully saturated rings. The van der Waals surface area contributed by atoms with Crippen molar-refractivity contribution in [2.75, 3.05) is 0 Å². The third-order valence-corrected chi connectivity index (χ3v) is 2.29.